The molecule has 1 saturated heterocycles. The van der Waals surface area contributed by atoms with Crippen molar-refractivity contribution in [1.82, 2.24) is 30.2 Å². The molecule has 1 fully saturated rings. The summed E-state index contributed by atoms with van der Waals surface area (Å²) in [6.45, 7) is 0. The third kappa shape index (κ3) is 3.41. The average molecular weight is 460 g/mol. The molecule has 34 heavy (non-hydrogen) atoms. The van der Waals surface area contributed by atoms with Crippen LogP contribution in [-0.4, -0.2) is 67.6 Å². The van der Waals surface area contributed by atoms with E-state index in [2.05, 4.69) is 20.6 Å². The van der Waals surface area contributed by atoms with Crippen molar-refractivity contribution in [3.05, 3.63) is 59.5 Å². The Morgan fingerprint density at radius 1 is 1.09 bits per heavy atom. The number of nitrogens with one attached hydrogen (secondary N) is 1. The fraction of sp³-hybridized carbons (Fsp3) is 0.182. The lowest BCUT2D eigenvalue weighted by atomic mass is 10.0. The summed E-state index contributed by atoms with van der Waals surface area (Å²) in [6.07, 6.45) is 4.59. The molecule has 1 aromatic carbocycles. The highest BCUT2D eigenvalue weighted by molar-refractivity contribution is 6.23. The molecule has 12 heteroatoms. The minimum atomic E-state index is -1.04. The predicted octanol–water partition coefficient (Wildman–Crippen LogP) is 0.517. The van der Waals surface area contributed by atoms with E-state index in [1.54, 1.807) is 18.3 Å². The zero-order valence-corrected chi connectivity index (χ0v) is 17.7. The standard InChI is InChI=1S/C22H16N6O6/c1-34-22(33)12-6-11(8-23-9-12)16-10-27(26-25-16)13-2-3-14-15(7-13)21(32)28(20(14)31)17-4-5-18(29)24-19(17)30/h2-3,6-10,17H,4-5H2,1H3,(H,24,29,30). The van der Waals surface area contributed by atoms with Gasteiger partial charge in [0, 0.05) is 24.4 Å². The number of nitrogens with zero attached hydrogens (tertiary/aromatic N) is 5. The highest BCUT2D eigenvalue weighted by Crippen LogP contribution is 2.29. The molecule has 1 atom stereocenters. The summed E-state index contributed by atoms with van der Waals surface area (Å²) in [5, 5.41) is 10.3. The molecular formula is C22H16N6O6. The SMILES string of the molecule is COC(=O)c1cncc(-c2cn(-c3ccc4c(c3)C(=O)N(C3CCC(=O)NC3=O)C4=O)nn2)c1. The lowest BCUT2D eigenvalue weighted by Crippen LogP contribution is -2.54. The van der Waals surface area contributed by atoms with E-state index < -0.39 is 35.6 Å². The second-order valence-corrected chi connectivity index (χ2v) is 7.68. The minimum absolute atomic E-state index is 0.0445. The summed E-state index contributed by atoms with van der Waals surface area (Å²) >= 11 is 0. The van der Waals surface area contributed by atoms with Gasteiger partial charge in [-0.15, -0.1) is 5.10 Å². The molecule has 2 aromatic heterocycles. The number of ether oxygens (including phenoxy) is 1. The maximum absolute atomic E-state index is 13.0. The third-order valence-corrected chi connectivity index (χ3v) is 5.64. The summed E-state index contributed by atoms with van der Waals surface area (Å²) < 4.78 is 6.11. The Morgan fingerprint density at radius 2 is 1.88 bits per heavy atom. The smallest absolute Gasteiger partial charge is 0.339 e. The summed E-state index contributed by atoms with van der Waals surface area (Å²) in [6, 6.07) is 5.09. The summed E-state index contributed by atoms with van der Waals surface area (Å²) in [5.41, 5.74) is 1.95. The molecule has 0 aliphatic carbocycles. The molecule has 2 aliphatic heterocycles. The Bertz CT molecular complexity index is 1400. The van der Waals surface area contributed by atoms with Crippen LogP contribution in [0.1, 0.15) is 43.9 Å². The van der Waals surface area contributed by atoms with E-state index in [0.717, 1.165) is 4.90 Å². The first-order chi connectivity index (χ1) is 16.4. The fourth-order valence-electron chi connectivity index (χ4n) is 3.93. The van der Waals surface area contributed by atoms with Crippen LogP contribution < -0.4 is 5.32 Å². The van der Waals surface area contributed by atoms with Gasteiger partial charge in [-0.05, 0) is 30.7 Å². The maximum atomic E-state index is 13.0. The largest absolute Gasteiger partial charge is 0.465 e. The van der Waals surface area contributed by atoms with Gasteiger partial charge in [-0.2, -0.15) is 0 Å². The second-order valence-electron chi connectivity index (χ2n) is 7.68. The first kappa shape index (κ1) is 21.1. The molecule has 1 unspecified atom stereocenters. The number of esters is 1. The van der Waals surface area contributed by atoms with E-state index in [9.17, 15) is 24.0 Å². The zero-order valence-electron chi connectivity index (χ0n) is 17.7. The molecule has 170 valence electrons. The van der Waals surface area contributed by atoms with Crippen LogP contribution in [0, 0.1) is 0 Å². The van der Waals surface area contributed by atoms with Gasteiger partial charge < -0.3 is 4.74 Å². The van der Waals surface area contributed by atoms with Gasteiger partial charge in [0.2, 0.25) is 11.8 Å². The Hall–Kier alpha value is -4.74. The molecule has 3 aromatic rings. The molecular weight excluding hydrogens is 444 g/mol. The van der Waals surface area contributed by atoms with Crippen LogP contribution in [0.4, 0.5) is 0 Å². The number of amides is 4. The highest BCUT2D eigenvalue weighted by Gasteiger charge is 2.44. The molecule has 2 aliphatic rings. The highest BCUT2D eigenvalue weighted by atomic mass is 16.5. The van der Waals surface area contributed by atoms with Gasteiger partial charge in [0.25, 0.3) is 11.8 Å². The number of pyridine rings is 1. The van der Waals surface area contributed by atoms with Crippen LogP contribution in [0.15, 0.2) is 42.9 Å². The Kier molecular flexibility index (Phi) is 4.97. The summed E-state index contributed by atoms with van der Waals surface area (Å²) in [5.74, 6) is -2.86. The molecule has 12 nitrogen and oxygen atoms in total. The normalized spacial score (nSPS) is 17.6. The predicted molar refractivity (Wildman–Crippen MR) is 113 cm³/mol. The molecule has 1 N–H and O–H groups in total. The molecule has 0 saturated carbocycles. The van der Waals surface area contributed by atoms with Gasteiger partial charge in [0.05, 0.1) is 35.7 Å². The molecule has 0 radical (unpaired) electrons. The Labute approximate surface area is 191 Å². The number of rotatable bonds is 4. The third-order valence-electron chi connectivity index (χ3n) is 5.64. The van der Waals surface area contributed by atoms with Crippen molar-refractivity contribution in [2.45, 2.75) is 18.9 Å². The first-order valence-corrected chi connectivity index (χ1v) is 10.2. The second kappa shape index (κ2) is 7.99. The number of benzene rings is 1. The van der Waals surface area contributed by atoms with Crippen molar-refractivity contribution in [1.29, 1.82) is 0 Å². The molecule has 0 bridgehead atoms. The van der Waals surface area contributed by atoms with Gasteiger partial charge in [0.1, 0.15) is 11.7 Å². The van der Waals surface area contributed by atoms with Crippen molar-refractivity contribution in [2.24, 2.45) is 0 Å². The van der Waals surface area contributed by atoms with E-state index in [0.29, 0.717) is 16.9 Å². The molecule has 4 heterocycles. The van der Waals surface area contributed by atoms with Gasteiger partial charge >= 0.3 is 5.97 Å². The van der Waals surface area contributed by atoms with Crippen LogP contribution in [0.5, 0.6) is 0 Å². The number of hydrogen-bond donors (Lipinski definition) is 1. The van der Waals surface area contributed by atoms with Crippen molar-refractivity contribution >= 4 is 29.6 Å². The van der Waals surface area contributed by atoms with E-state index in [-0.39, 0.29) is 29.5 Å². The fourth-order valence-corrected chi connectivity index (χ4v) is 3.93. The van der Waals surface area contributed by atoms with E-state index in [1.807, 2.05) is 0 Å². The number of methoxy groups -OCH3 is 1. The molecule has 5 rings (SSSR count). The number of carbonyl (C=O) groups is 5. The topological polar surface area (TPSA) is 153 Å². The van der Waals surface area contributed by atoms with Crippen LogP contribution >= 0.6 is 0 Å². The molecule has 4 amide bonds. The van der Waals surface area contributed by atoms with Gasteiger partial charge in [-0.1, -0.05) is 5.21 Å². The number of hydrogen-bond acceptors (Lipinski definition) is 9. The van der Waals surface area contributed by atoms with Crippen molar-refractivity contribution in [3.63, 3.8) is 0 Å². The quantitative estimate of drug-likeness (QED) is 0.433. The van der Waals surface area contributed by atoms with Crippen molar-refractivity contribution in [3.8, 4) is 16.9 Å². The lowest BCUT2D eigenvalue weighted by molar-refractivity contribution is -0.136. The van der Waals surface area contributed by atoms with Crippen LogP contribution in [0.3, 0.4) is 0 Å². The number of piperidine rings is 1. The zero-order chi connectivity index (χ0) is 24.0. The van der Waals surface area contributed by atoms with Crippen LogP contribution in [-0.2, 0) is 14.3 Å². The van der Waals surface area contributed by atoms with E-state index in [1.165, 1.54) is 36.3 Å². The maximum Gasteiger partial charge on any atom is 0.339 e. The average Bonchev–Trinajstić information content (AvgIpc) is 3.43. The van der Waals surface area contributed by atoms with Gasteiger partial charge in [-0.3, -0.25) is 34.4 Å². The number of imide groups is 2. The monoisotopic (exact) mass is 460 g/mol. The van der Waals surface area contributed by atoms with Crippen LogP contribution in [0.2, 0.25) is 0 Å². The molecule has 0 spiro atoms. The van der Waals surface area contributed by atoms with Gasteiger partial charge in [0.15, 0.2) is 0 Å². The summed E-state index contributed by atoms with van der Waals surface area (Å²) in [7, 11) is 1.27. The number of carbonyl (C=O) groups excluding carboxylic acids is 5. The van der Waals surface area contributed by atoms with E-state index in [4.69, 9.17) is 4.74 Å². The Morgan fingerprint density at radius 3 is 2.65 bits per heavy atom. The number of aromatic nitrogens is 4. The van der Waals surface area contributed by atoms with E-state index >= 15 is 0 Å². The minimum Gasteiger partial charge on any atom is -0.465 e. The van der Waals surface area contributed by atoms with Crippen molar-refractivity contribution in [2.75, 3.05) is 7.11 Å². The van der Waals surface area contributed by atoms with Crippen molar-refractivity contribution < 1.29 is 28.7 Å². The first-order valence-electron chi connectivity index (χ1n) is 10.2. The number of fused-ring (bicyclic) bond motifs is 1. The lowest BCUT2D eigenvalue weighted by Gasteiger charge is -2.27. The Balaban J connectivity index is 1.44. The summed E-state index contributed by atoms with van der Waals surface area (Å²) in [4.78, 5) is 66.2. The van der Waals surface area contributed by atoms with Gasteiger partial charge in [-0.25, -0.2) is 9.48 Å². The van der Waals surface area contributed by atoms with Crippen LogP contribution in [0.25, 0.3) is 16.9 Å².